The molecule has 0 unspecified atom stereocenters. The van der Waals surface area contributed by atoms with Crippen molar-refractivity contribution >= 4 is 11.6 Å². The van der Waals surface area contributed by atoms with Crippen molar-refractivity contribution in [2.75, 3.05) is 6.61 Å². The highest BCUT2D eigenvalue weighted by Crippen LogP contribution is 2.26. The van der Waals surface area contributed by atoms with Crippen LogP contribution in [0.1, 0.15) is 50.2 Å². The maximum Gasteiger partial charge on any atom is 0.277 e. The molecule has 40 heavy (non-hydrogen) atoms. The van der Waals surface area contributed by atoms with Gasteiger partial charge in [-0.3, -0.25) is 23.7 Å². The van der Waals surface area contributed by atoms with Crippen molar-refractivity contribution in [3.05, 3.63) is 109 Å². The van der Waals surface area contributed by atoms with Gasteiger partial charge in [-0.1, -0.05) is 45.4 Å². The van der Waals surface area contributed by atoms with E-state index in [4.69, 9.17) is 16.3 Å². The number of aliphatic hydroxyl groups is 1. The first-order valence-corrected chi connectivity index (χ1v) is 13.0. The maximum atomic E-state index is 13.9. The molecule has 0 fully saturated rings. The predicted molar refractivity (Wildman–Crippen MR) is 150 cm³/mol. The van der Waals surface area contributed by atoms with Gasteiger partial charge in [-0.25, -0.2) is 13.8 Å². The molecule has 0 aromatic carbocycles. The number of aryl methyl sites for hydroxylation is 2. The third kappa shape index (κ3) is 6.13. The Bertz CT molecular complexity index is 1650. The number of aliphatic hydroxyl groups excluding tert-OH is 1. The first-order valence-electron chi connectivity index (χ1n) is 12.6. The Hall–Kier alpha value is -3.89. The lowest BCUT2D eigenvalue weighted by atomic mass is 9.86. The molecule has 0 aliphatic carbocycles. The van der Waals surface area contributed by atoms with Crippen molar-refractivity contribution in [3.8, 4) is 17.3 Å². The normalized spacial score (nSPS) is 11.2. The lowest BCUT2D eigenvalue weighted by molar-refractivity contribution is 0.217. The topological polar surface area (TPSA) is 99.2 Å². The van der Waals surface area contributed by atoms with E-state index in [0.29, 0.717) is 28.6 Å². The molecule has 1 N–H and O–H groups in total. The number of pyridine rings is 4. The van der Waals surface area contributed by atoms with Gasteiger partial charge in [-0.05, 0) is 25.5 Å². The van der Waals surface area contributed by atoms with Crippen LogP contribution in [0.25, 0.3) is 11.5 Å². The van der Waals surface area contributed by atoms with Gasteiger partial charge in [0.25, 0.3) is 11.1 Å². The maximum absolute atomic E-state index is 13.9. The second-order valence-corrected chi connectivity index (χ2v) is 9.82. The lowest BCUT2D eigenvalue weighted by Gasteiger charge is -2.22. The highest BCUT2D eigenvalue weighted by atomic mass is 35.5. The minimum atomic E-state index is -0.882. The van der Waals surface area contributed by atoms with Crippen LogP contribution < -0.4 is 15.9 Å². The summed E-state index contributed by atoms with van der Waals surface area (Å²) in [5, 5.41) is 9.49. The van der Waals surface area contributed by atoms with Crippen molar-refractivity contribution in [3.63, 3.8) is 0 Å². The first kappa shape index (κ1) is 30.6. The van der Waals surface area contributed by atoms with Crippen LogP contribution in [-0.4, -0.2) is 30.8 Å². The standard InChI is InChI=1S/C27H25ClF2N4O4.C2H6/c1-15-11-32-23(33-7-5-6-18(25(33)36)27(3,4)14-35)10-21(15)34-16(2)8-22(24(28)26(34)37)38-13-20-19(30)9-17(29)12-31-20;1-2/h5-12,35H,13-14H2,1-4H3;1-2H3. The largest absolute Gasteiger partial charge is 0.485 e. The molecule has 11 heteroatoms. The Labute approximate surface area is 235 Å². The van der Waals surface area contributed by atoms with Crippen LogP contribution in [0.15, 0.2) is 58.5 Å². The second-order valence-electron chi connectivity index (χ2n) is 9.44. The lowest BCUT2D eigenvalue weighted by Crippen LogP contribution is -2.33. The van der Waals surface area contributed by atoms with E-state index in [1.54, 1.807) is 52.1 Å². The van der Waals surface area contributed by atoms with Crippen molar-refractivity contribution in [2.24, 2.45) is 0 Å². The summed E-state index contributed by atoms with van der Waals surface area (Å²) < 4.78 is 35.3. The molecule has 8 nitrogen and oxygen atoms in total. The second kappa shape index (κ2) is 12.5. The minimum Gasteiger partial charge on any atom is -0.485 e. The first-order chi connectivity index (χ1) is 18.9. The van der Waals surface area contributed by atoms with Crippen molar-refractivity contribution in [2.45, 2.75) is 53.6 Å². The van der Waals surface area contributed by atoms with Crippen molar-refractivity contribution in [1.82, 2.24) is 19.1 Å². The van der Waals surface area contributed by atoms with Crippen LogP contribution in [0.2, 0.25) is 5.02 Å². The number of nitrogens with zero attached hydrogens (tertiary/aromatic N) is 4. The molecule has 4 aromatic rings. The molecule has 212 valence electrons. The molecule has 0 saturated heterocycles. The fraction of sp³-hybridized carbons (Fsp3) is 0.310. The highest BCUT2D eigenvalue weighted by molar-refractivity contribution is 6.31. The Kier molecular flexibility index (Phi) is 9.60. The fourth-order valence-electron chi connectivity index (χ4n) is 3.93. The van der Waals surface area contributed by atoms with E-state index in [9.17, 15) is 23.5 Å². The Morgan fingerprint density at radius 2 is 1.75 bits per heavy atom. The quantitative estimate of drug-likeness (QED) is 0.327. The summed E-state index contributed by atoms with van der Waals surface area (Å²) in [5.41, 5.74) is 0.0871. The monoisotopic (exact) mass is 572 g/mol. The van der Waals surface area contributed by atoms with Crippen molar-refractivity contribution < 1.29 is 18.6 Å². The predicted octanol–water partition coefficient (Wildman–Crippen LogP) is 5.20. The molecule has 0 atom stereocenters. The van der Waals surface area contributed by atoms with Crippen molar-refractivity contribution in [1.29, 1.82) is 0 Å². The Balaban J connectivity index is 0.00000216. The van der Waals surface area contributed by atoms with Crippen LogP contribution in [-0.2, 0) is 12.0 Å². The summed E-state index contributed by atoms with van der Waals surface area (Å²) in [6.07, 6.45) is 3.96. The van der Waals surface area contributed by atoms with E-state index in [2.05, 4.69) is 9.97 Å². The number of hydrogen-bond donors (Lipinski definition) is 1. The van der Waals surface area contributed by atoms with Gasteiger partial charge in [0, 0.05) is 47.3 Å². The van der Waals surface area contributed by atoms with E-state index in [1.165, 1.54) is 21.4 Å². The van der Waals surface area contributed by atoms with Gasteiger partial charge in [0.05, 0.1) is 18.5 Å². The summed E-state index contributed by atoms with van der Waals surface area (Å²) in [5.74, 6) is -1.42. The van der Waals surface area contributed by atoms with Gasteiger partial charge in [0.15, 0.2) is 5.82 Å². The minimum absolute atomic E-state index is 0.0121. The molecule has 0 amide bonds. The fourth-order valence-corrected chi connectivity index (χ4v) is 4.12. The number of rotatable bonds is 7. The Morgan fingerprint density at radius 1 is 1.05 bits per heavy atom. The third-order valence-corrected chi connectivity index (χ3v) is 6.52. The average Bonchev–Trinajstić information content (AvgIpc) is 2.93. The van der Waals surface area contributed by atoms with Gasteiger partial charge in [0.1, 0.15) is 34.7 Å². The van der Waals surface area contributed by atoms with Crippen LogP contribution in [0.3, 0.4) is 0 Å². The Morgan fingerprint density at radius 3 is 2.40 bits per heavy atom. The van der Waals surface area contributed by atoms with E-state index in [1.807, 2.05) is 13.8 Å². The van der Waals surface area contributed by atoms with Gasteiger partial charge in [-0.2, -0.15) is 0 Å². The van der Waals surface area contributed by atoms with Gasteiger partial charge in [0.2, 0.25) is 0 Å². The molecule has 4 aromatic heterocycles. The van der Waals surface area contributed by atoms with E-state index < -0.39 is 22.6 Å². The summed E-state index contributed by atoms with van der Waals surface area (Å²) in [6, 6.07) is 7.14. The zero-order valence-corrected chi connectivity index (χ0v) is 23.9. The highest BCUT2D eigenvalue weighted by Gasteiger charge is 2.24. The number of hydrogen-bond acceptors (Lipinski definition) is 6. The van der Waals surface area contributed by atoms with E-state index in [0.717, 1.165) is 6.20 Å². The number of aromatic nitrogens is 4. The van der Waals surface area contributed by atoms with Gasteiger partial charge < -0.3 is 9.84 Å². The van der Waals surface area contributed by atoms with Crippen LogP contribution in [0, 0.1) is 25.5 Å². The molecule has 0 bridgehead atoms. The molecule has 0 aliphatic heterocycles. The average molecular weight is 573 g/mol. The van der Waals surface area contributed by atoms with Gasteiger partial charge >= 0.3 is 0 Å². The molecule has 4 rings (SSSR count). The van der Waals surface area contributed by atoms with Gasteiger partial charge in [-0.15, -0.1) is 0 Å². The molecule has 0 saturated carbocycles. The molecule has 4 heterocycles. The number of halogens is 3. The number of ether oxygens (including phenoxy) is 1. The van der Waals surface area contributed by atoms with Crippen LogP contribution >= 0.6 is 11.6 Å². The van der Waals surface area contributed by atoms with E-state index >= 15 is 0 Å². The smallest absolute Gasteiger partial charge is 0.277 e. The SMILES string of the molecule is CC.Cc1cnc(-n2cccc(C(C)(C)CO)c2=O)cc1-n1c(C)cc(OCc2ncc(F)cc2F)c(Cl)c1=O. The third-order valence-electron chi connectivity index (χ3n) is 6.17. The van der Waals surface area contributed by atoms with Crippen LogP contribution in [0.4, 0.5) is 8.78 Å². The van der Waals surface area contributed by atoms with E-state index in [-0.39, 0.29) is 41.1 Å². The summed E-state index contributed by atoms with van der Waals surface area (Å²) >= 11 is 6.35. The zero-order valence-electron chi connectivity index (χ0n) is 23.1. The summed E-state index contributed by atoms with van der Waals surface area (Å²) in [6.45, 7) is 10.4. The molecule has 0 radical (unpaired) electrons. The summed E-state index contributed by atoms with van der Waals surface area (Å²) in [7, 11) is 0. The molecule has 0 aliphatic rings. The van der Waals surface area contributed by atoms with Crippen LogP contribution in [0.5, 0.6) is 5.75 Å². The zero-order chi connectivity index (χ0) is 29.8. The molecular formula is C29H31ClF2N4O4. The molecular weight excluding hydrogens is 542 g/mol. The molecule has 0 spiro atoms. The summed E-state index contributed by atoms with van der Waals surface area (Å²) in [4.78, 5) is 34.6.